The van der Waals surface area contributed by atoms with Crippen LogP contribution in [0.3, 0.4) is 0 Å². The number of aromatic nitrogens is 2. The Kier molecular flexibility index (Phi) is 4.92. The summed E-state index contributed by atoms with van der Waals surface area (Å²) >= 11 is 0. The van der Waals surface area contributed by atoms with E-state index in [2.05, 4.69) is 24.3 Å². The SMILES string of the molecule is COc1ccc(C(=O)Oc2ccc3nc4c5ccccc5c5ccccc5c4nc3c2)cc1OC. The smallest absolute Gasteiger partial charge is 0.343 e. The first-order valence-corrected chi connectivity index (χ1v) is 11.1. The summed E-state index contributed by atoms with van der Waals surface area (Å²) in [5, 5.41) is 4.35. The number of carbonyl (C=O) groups is 1. The highest BCUT2D eigenvalue weighted by Crippen LogP contribution is 2.34. The van der Waals surface area contributed by atoms with E-state index in [0.717, 1.165) is 38.1 Å². The van der Waals surface area contributed by atoms with Crippen LogP contribution in [0.15, 0.2) is 84.9 Å². The highest BCUT2D eigenvalue weighted by molar-refractivity contribution is 6.23. The molecule has 6 heteroatoms. The van der Waals surface area contributed by atoms with E-state index >= 15 is 0 Å². The molecule has 0 bridgehead atoms. The van der Waals surface area contributed by atoms with Crippen LogP contribution in [0.25, 0.3) is 43.6 Å². The molecule has 0 aliphatic carbocycles. The minimum absolute atomic E-state index is 0.352. The normalized spacial score (nSPS) is 11.3. The molecule has 0 saturated heterocycles. The van der Waals surface area contributed by atoms with Crippen LogP contribution in [0.4, 0.5) is 0 Å². The Morgan fingerprint density at radius 1 is 0.629 bits per heavy atom. The number of ether oxygens (including phenoxy) is 3. The van der Waals surface area contributed by atoms with Gasteiger partial charge < -0.3 is 14.2 Å². The summed E-state index contributed by atoms with van der Waals surface area (Å²) < 4.78 is 16.2. The number of methoxy groups -OCH3 is 2. The Hall–Kier alpha value is -4.71. The molecule has 6 aromatic rings. The van der Waals surface area contributed by atoms with E-state index in [9.17, 15) is 4.79 Å². The van der Waals surface area contributed by atoms with Crippen molar-refractivity contribution in [2.45, 2.75) is 0 Å². The van der Waals surface area contributed by atoms with Gasteiger partial charge in [-0.25, -0.2) is 14.8 Å². The molecule has 0 fully saturated rings. The predicted octanol–water partition coefficient (Wildman–Crippen LogP) is 6.33. The van der Waals surface area contributed by atoms with Crippen LogP contribution in [0.1, 0.15) is 10.4 Å². The minimum atomic E-state index is -0.504. The van der Waals surface area contributed by atoms with Crippen LogP contribution in [0, 0.1) is 0 Å². The number of nitrogens with zero attached hydrogens (tertiary/aromatic N) is 2. The van der Waals surface area contributed by atoms with Gasteiger partial charge >= 0.3 is 5.97 Å². The van der Waals surface area contributed by atoms with Crippen LogP contribution in [-0.2, 0) is 0 Å². The van der Waals surface area contributed by atoms with E-state index < -0.39 is 5.97 Å². The molecule has 5 aromatic carbocycles. The Morgan fingerprint density at radius 3 is 1.86 bits per heavy atom. The zero-order valence-corrected chi connectivity index (χ0v) is 19.1. The molecule has 0 unspecified atom stereocenters. The summed E-state index contributed by atoms with van der Waals surface area (Å²) in [5.41, 5.74) is 3.39. The van der Waals surface area contributed by atoms with Gasteiger partial charge in [-0.1, -0.05) is 48.5 Å². The molecule has 0 aliphatic heterocycles. The van der Waals surface area contributed by atoms with E-state index in [1.54, 1.807) is 37.4 Å². The molecule has 6 rings (SSSR count). The summed E-state index contributed by atoms with van der Waals surface area (Å²) in [6.07, 6.45) is 0. The van der Waals surface area contributed by atoms with Crippen molar-refractivity contribution in [1.82, 2.24) is 9.97 Å². The quantitative estimate of drug-likeness (QED) is 0.133. The number of esters is 1. The minimum Gasteiger partial charge on any atom is -0.493 e. The second-order valence-electron chi connectivity index (χ2n) is 8.12. The third-order valence-corrected chi connectivity index (χ3v) is 6.12. The third kappa shape index (κ3) is 3.47. The fraction of sp³-hybridized carbons (Fsp3) is 0.0690. The standard InChI is InChI=1S/C29H20N2O4/c1-33-25-14-11-17(15-26(25)34-2)29(32)35-18-12-13-23-24(16-18)31-28-22-10-6-4-8-20(22)19-7-3-5-9-21(19)27(28)30-23/h3-16H,1-2H3. The number of hydrogen-bond acceptors (Lipinski definition) is 6. The van der Waals surface area contributed by atoms with Gasteiger partial charge in [0.15, 0.2) is 11.5 Å². The van der Waals surface area contributed by atoms with E-state index in [1.807, 2.05) is 30.3 Å². The zero-order chi connectivity index (χ0) is 23.9. The monoisotopic (exact) mass is 460 g/mol. The molecule has 0 amide bonds. The molecule has 0 aliphatic rings. The maximum Gasteiger partial charge on any atom is 0.343 e. The summed E-state index contributed by atoms with van der Waals surface area (Å²) in [6.45, 7) is 0. The first kappa shape index (κ1) is 20.9. The van der Waals surface area contributed by atoms with Crippen molar-refractivity contribution in [2.24, 2.45) is 0 Å². The summed E-state index contributed by atoms with van der Waals surface area (Å²) in [5.74, 6) is 0.875. The second kappa shape index (κ2) is 8.25. The summed E-state index contributed by atoms with van der Waals surface area (Å²) in [4.78, 5) is 22.7. The lowest BCUT2D eigenvalue weighted by molar-refractivity contribution is 0.0734. The van der Waals surface area contributed by atoms with Gasteiger partial charge in [-0.05, 0) is 41.1 Å². The first-order valence-electron chi connectivity index (χ1n) is 11.1. The lowest BCUT2D eigenvalue weighted by Gasteiger charge is -2.11. The number of rotatable bonds is 4. The maximum atomic E-state index is 12.8. The molecule has 0 radical (unpaired) electrons. The fourth-order valence-electron chi connectivity index (χ4n) is 4.45. The van der Waals surface area contributed by atoms with Gasteiger partial charge in [-0.3, -0.25) is 0 Å². The van der Waals surface area contributed by atoms with Crippen LogP contribution >= 0.6 is 0 Å². The molecule has 1 aromatic heterocycles. The molecule has 170 valence electrons. The van der Waals surface area contributed by atoms with Gasteiger partial charge in [-0.15, -0.1) is 0 Å². The zero-order valence-electron chi connectivity index (χ0n) is 19.1. The Labute approximate surface area is 200 Å². The number of fused-ring (bicyclic) bond motifs is 7. The molecule has 0 saturated carbocycles. The van der Waals surface area contributed by atoms with Crippen molar-refractivity contribution in [3.63, 3.8) is 0 Å². The van der Waals surface area contributed by atoms with Gasteiger partial charge in [0.1, 0.15) is 5.75 Å². The number of carbonyl (C=O) groups excluding carboxylic acids is 1. The molecule has 35 heavy (non-hydrogen) atoms. The van der Waals surface area contributed by atoms with Gasteiger partial charge in [0.25, 0.3) is 0 Å². The highest BCUT2D eigenvalue weighted by Gasteiger charge is 2.15. The average Bonchev–Trinajstić information content (AvgIpc) is 2.91. The van der Waals surface area contributed by atoms with Crippen molar-refractivity contribution in [3.05, 3.63) is 90.5 Å². The van der Waals surface area contributed by atoms with Crippen LogP contribution in [0.5, 0.6) is 17.2 Å². The van der Waals surface area contributed by atoms with Crippen molar-refractivity contribution in [1.29, 1.82) is 0 Å². The maximum absolute atomic E-state index is 12.8. The van der Waals surface area contributed by atoms with Gasteiger partial charge in [0.05, 0.1) is 41.8 Å². The summed E-state index contributed by atoms with van der Waals surface area (Å²) in [6, 6.07) is 26.6. The molecule has 1 heterocycles. The summed E-state index contributed by atoms with van der Waals surface area (Å²) in [7, 11) is 3.06. The fourth-order valence-corrected chi connectivity index (χ4v) is 4.45. The van der Waals surface area contributed by atoms with E-state index in [0.29, 0.717) is 28.3 Å². The Bertz CT molecular complexity index is 1780. The largest absolute Gasteiger partial charge is 0.493 e. The topological polar surface area (TPSA) is 70.5 Å². The van der Waals surface area contributed by atoms with Crippen LogP contribution in [-0.4, -0.2) is 30.2 Å². The van der Waals surface area contributed by atoms with E-state index in [4.69, 9.17) is 24.2 Å². The Balaban J connectivity index is 1.45. The second-order valence-corrected chi connectivity index (χ2v) is 8.12. The van der Waals surface area contributed by atoms with Gasteiger partial charge in [-0.2, -0.15) is 0 Å². The first-order chi connectivity index (χ1) is 17.2. The van der Waals surface area contributed by atoms with Crippen molar-refractivity contribution in [3.8, 4) is 17.2 Å². The number of benzene rings is 5. The highest BCUT2D eigenvalue weighted by atomic mass is 16.5. The van der Waals surface area contributed by atoms with Gasteiger partial charge in [0, 0.05) is 16.8 Å². The molecule has 0 N–H and O–H groups in total. The molecular formula is C29H20N2O4. The van der Waals surface area contributed by atoms with E-state index in [1.165, 1.54) is 7.11 Å². The van der Waals surface area contributed by atoms with Crippen LogP contribution in [0.2, 0.25) is 0 Å². The Morgan fingerprint density at radius 2 is 1.23 bits per heavy atom. The lowest BCUT2D eigenvalue weighted by Crippen LogP contribution is -2.09. The van der Waals surface area contributed by atoms with Crippen molar-refractivity contribution < 1.29 is 19.0 Å². The van der Waals surface area contributed by atoms with Crippen LogP contribution < -0.4 is 14.2 Å². The molecule has 0 spiro atoms. The van der Waals surface area contributed by atoms with E-state index in [-0.39, 0.29) is 0 Å². The predicted molar refractivity (Wildman–Crippen MR) is 137 cm³/mol. The molecule has 0 atom stereocenters. The molecule has 6 nitrogen and oxygen atoms in total. The van der Waals surface area contributed by atoms with Crippen molar-refractivity contribution in [2.75, 3.05) is 14.2 Å². The average molecular weight is 460 g/mol. The van der Waals surface area contributed by atoms with Gasteiger partial charge in [0.2, 0.25) is 0 Å². The lowest BCUT2D eigenvalue weighted by atomic mass is 9.99. The number of hydrogen-bond donors (Lipinski definition) is 0. The van der Waals surface area contributed by atoms with Crippen molar-refractivity contribution >= 4 is 49.6 Å². The third-order valence-electron chi connectivity index (χ3n) is 6.12. The molecular weight excluding hydrogens is 440 g/mol.